The molecule has 0 unspecified atom stereocenters. The van der Waals surface area contributed by atoms with Gasteiger partial charge >= 0.3 is 5.69 Å². The molecule has 0 spiro atoms. The predicted molar refractivity (Wildman–Crippen MR) is 113 cm³/mol. The summed E-state index contributed by atoms with van der Waals surface area (Å²) >= 11 is 1.21. The third kappa shape index (κ3) is 3.98. The third-order valence-corrected chi connectivity index (χ3v) is 5.33. The van der Waals surface area contributed by atoms with Gasteiger partial charge in [-0.1, -0.05) is 30.0 Å². The van der Waals surface area contributed by atoms with Crippen molar-refractivity contribution in [1.29, 1.82) is 0 Å². The van der Waals surface area contributed by atoms with Gasteiger partial charge in [-0.2, -0.15) is 0 Å². The number of aromatic nitrogens is 5. The fourth-order valence-electron chi connectivity index (χ4n) is 3.04. The maximum absolute atomic E-state index is 12.5. The minimum absolute atomic E-state index is 0.0231. The van der Waals surface area contributed by atoms with Gasteiger partial charge < -0.3 is 10.1 Å². The van der Waals surface area contributed by atoms with E-state index in [9.17, 15) is 14.4 Å². The fraction of sp³-hybridized carbons (Fsp3) is 0.211. The van der Waals surface area contributed by atoms with Gasteiger partial charge in [0.1, 0.15) is 5.82 Å². The quantitative estimate of drug-likeness (QED) is 0.424. The maximum Gasteiger partial charge on any atom is 0.329 e. The highest BCUT2D eigenvalue weighted by atomic mass is 32.2. The second-order valence-electron chi connectivity index (χ2n) is 6.37. The lowest BCUT2D eigenvalue weighted by molar-refractivity contribution is -0.113. The van der Waals surface area contributed by atoms with Crippen molar-refractivity contribution >= 4 is 40.0 Å². The SMILES string of the molecule is COCCn1c(NC(=O)CSc2nnc3ccc4ccccc4n23)cc(=O)[nH]c1=O. The molecule has 4 aromatic rings. The molecule has 0 fully saturated rings. The van der Waals surface area contributed by atoms with E-state index in [0.29, 0.717) is 10.8 Å². The molecule has 1 amide bonds. The number of hydrogen-bond acceptors (Lipinski definition) is 7. The van der Waals surface area contributed by atoms with Gasteiger partial charge in [0, 0.05) is 13.2 Å². The second-order valence-corrected chi connectivity index (χ2v) is 7.32. The van der Waals surface area contributed by atoms with Crippen molar-refractivity contribution in [3.05, 3.63) is 63.3 Å². The molecule has 4 rings (SSSR count). The first-order chi connectivity index (χ1) is 14.6. The summed E-state index contributed by atoms with van der Waals surface area (Å²) in [6.07, 6.45) is 0. The number of thioether (sulfide) groups is 1. The Morgan fingerprint density at radius 2 is 2.03 bits per heavy atom. The number of benzene rings is 1. The summed E-state index contributed by atoms with van der Waals surface area (Å²) in [5.41, 5.74) is 0.412. The van der Waals surface area contributed by atoms with Crippen LogP contribution in [0.4, 0.5) is 5.82 Å². The first-order valence-corrected chi connectivity index (χ1v) is 10.0. The molecule has 11 heteroatoms. The van der Waals surface area contributed by atoms with Crippen LogP contribution in [0.2, 0.25) is 0 Å². The van der Waals surface area contributed by atoms with E-state index in [1.807, 2.05) is 40.8 Å². The van der Waals surface area contributed by atoms with Gasteiger partial charge in [-0.05, 0) is 23.6 Å². The number of para-hydroxylation sites is 1. The second kappa shape index (κ2) is 8.51. The summed E-state index contributed by atoms with van der Waals surface area (Å²) in [5, 5.41) is 12.6. The molecule has 0 bridgehead atoms. The molecule has 0 aliphatic carbocycles. The Morgan fingerprint density at radius 1 is 1.20 bits per heavy atom. The highest BCUT2D eigenvalue weighted by Crippen LogP contribution is 2.23. The third-order valence-electron chi connectivity index (χ3n) is 4.40. The Balaban J connectivity index is 1.55. The first-order valence-electron chi connectivity index (χ1n) is 9.05. The van der Waals surface area contributed by atoms with Crippen molar-refractivity contribution in [3.8, 4) is 0 Å². The molecule has 0 aliphatic rings. The highest BCUT2D eigenvalue weighted by molar-refractivity contribution is 7.99. The summed E-state index contributed by atoms with van der Waals surface area (Å²) < 4.78 is 8.10. The van der Waals surface area contributed by atoms with Gasteiger partial charge in [0.25, 0.3) is 5.56 Å². The number of carbonyl (C=O) groups is 1. The van der Waals surface area contributed by atoms with E-state index >= 15 is 0 Å². The lowest BCUT2D eigenvalue weighted by Gasteiger charge is -2.12. The molecule has 10 nitrogen and oxygen atoms in total. The Hall–Kier alpha value is -3.44. The van der Waals surface area contributed by atoms with Crippen LogP contribution in [0, 0.1) is 0 Å². The van der Waals surface area contributed by atoms with E-state index in [1.165, 1.54) is 29.5 Å². The number of methoxy groups -OCH3 is 1. The van der Waals surface area contributed by atoms with Crippen molar-refractivity contribution in [2.24, 2.45) is 0 Å². The maximum atomic E-state index is 12.5. The number of amides is 1. The molecule has 0 aliphatic heterocycles. The van der Waals surface area contributed by atoms with Crippen LogP contribution in [0.3, 0.4) is 0 Å². The minimum atomic E-state index is -0.613. The monoisotopic (exact) mass is 426 g/mol. The molecule has 30 heavy (non-hydrogen) atoms. The lowest BCUT2D eigenvalue weighted by atomic mass is 10.2. The van der Waals surface area contributed by atoms with Crippen molar-refractivity contribution in [2.75, 3.05) is 24.8 Å². The zero-order valence-electron chi connectivity index (χ0n) is 16.0. The average Bonchev–Trinajstić information content (AvgIpc) is 3.15. The van der Waals surface area contributed by atoms with Crippen LogP contribution in [0.25, 0.3) is 16.6 Å². The molecule has 0 saturated heterocycles. The largest absolute Gasteiger partial charge is 0.383 e. The molecule has 3 heterocycles. The van der Waals surface area contributed by atoms with Crippen molar-refractivity contribution < 1.29 is 9.53 Å². The number of rotatable bonds is 7. The number of nitrogens with zero attached hydrogens (tertiary/aromatic N) is 4. The molecule has 1 aromatic carbocycles. The molecule has 0 radical (unpaired) electrons. The van der Waals surface area contributed by atoms with Crippen LogP contribution in [0.5, 0.6) is 0 Å². The zero-order chi connectivity index (χ0) is 21.1. The van der Waals surface area contributed by atoms with Crippen LogP contribution in [0.1, 0.15) is 0 Å². The Labute approximate surface area is 173 Å². The van der Waals surface area contributed by atoms with Gasteiger partial charge in [0.15, 0.2) is 10.8 Å². The van der Waals surface area contributed by atoms with Gasteiger partial charge in [0.2, 0.25) is 5.91 Å². The summed E-state index contributed by atoms with van der Waals surface area (Å²) in [4.78, 5) is 38.4. The van der Waals surface area contributed by atoms with Crippen LogP contribution >= 0.6 is 11.8 Å². The Kier molecular flexibility index (Phi) is 5.63. The molecule has 0 saturated carbocycles. The number of ether oxygens (including phenoxy) is 1. The molecular weight excluding hydrogens is 408 g/mol. The van der Waals surface area contributed by atoms with Crippen LogP contribution in [-0.4, -0.2) is 49.5 Å². The number of fused-ring (bicyclic) bond motifs is 3. The molecule has 154 valence electrons. The molecule has 3 aromatic heterocycles. The molecule has 0 atom stereocenters. The molecular formula is C19H18N6O4S. The summed E-state index contributed by atoms with van der Waals surface area (Å²) in [6.45, 7) is 0.443. The fourth-order valence-corrected chi connectivity index (χ4v) is 3.80. The Bertz CT molecular complexity index is 1340. The van der Waals surface area contributed by atoms with Crippen LogP contribution in [0.15, 0.2) is 57.2 Å². The smallest absolute Gasteiger partial charge is 0.329 e. The van der Waals surface area contributed by atoms with Crippen LogP contribution in [-0.2, 0) is 16.1 Å². The summed E-state index contributed by atoms with van der Waals surface area (Å²) in [6, 6.07) is 12.8. The van der Waals surface area contributed by atoms with E-state index in [2.05, 4.69) is 20.5 Å². The predicted octanol–water partition coefficient (Wildman–Crippen LogP) is 1.11. The number of carbonyl (C=O) groups excluding carboxylic acids is 1. The number of nitrogens with one attached hydrogen (secondary N) is 2. The first kappa shape index (κ1) is 19.9. The number of hydrogen-bond donors (Lipinski definition) is 2. The number of anilines is 1. The van der Waals surface area contributed by atoms with Gasteiger partial charge in [-0.15, -0.1) is 10.2 Å². The number of H-pyrrole nitrogens is 1. The zero-order valence-corrected chi connectivity index (χ0v) is 16.8. The minimum Gasteiger partial charge on any atom is -0.383 e. The van der Waals surface area contributed by atoms with E-state index in [1.54, 1.807) is 0 Å². The lowest BCUT2D eigenvalue weighted by Crippen LogP contribution is -2.34. The standard InChI is InChI=1S/C19H18N6O4S/c1-29-9-8-24-15(10-16(26)21-18(24)28)20-17(27)11-30-19-23-22-14-7-6-12-4-2-3-5-13(12)25(14)19/h2-7,10H,8-9,11H2,1H3,(H,20,27)(H,21,26,28). The van der Waals surface area contributed by atoms with Gasteiger partial charge in [-0.3, -0.25) is 23.5 Å². The molecule has 2 N–H and O–H groups in total. The van der Waals surface area contributed by atoms with Crippen molar-refractivity contribution in [3.63, 3.8) is 0 Å². The number of pyridine rings is 1. The van der Waals surface area contributed by atoms with E-state index in [0.717, 1.165) is 10.9 Å². The summed E-state index contributed by atoms with van der Waals surface area (Å²) in [7, 11) is 1.50. The summed E-state index contributed by atoms with van der Waals surface area (Å²) in [5.74, 6) is -0.244. The van der Waals surface area contributed by atoms with Crippen molar-refractivity contribution in [2.45, 2.75) is 11.7 Å². The Morgan fingerprint density at radius 3 is 2.87 bits per heavy atom. The van der Waals surface area contributed by atoms with Gasteiger partial charge in [-0.25, -0.2) is 4.79 Å². The topological polar surface area (TPSA) is 123 Å². The van der Waals surface area contributed by atoms with Gasteiger partial charge in [0.05, 0.1) is 24.4 Å². The highest BCUT2D eigenvalue weighted by Gasteiger charge is 2.14. The average molecular weight is 426 g/mol. The van der Waals surface area contributed by atoms with E-state index in [4.69, 9.17) is 4.74 Å². The van der Waals surface area contributed by atoms with E-state index < -0.39 is 11.2 Å². The van der Waals surface area contributed by atoms with E-state index in [-0.39, 0.29) is 30.6 Å². The van der Waals surface area contributed by atoms with Crippen LogP contribution < -0.4 is 16.6 Å². The normalized spacial score (nSPS) is 11.2. The number of aromatic amines is 1. The van der Waals surface area contributed by atoms with Crippen molar-refractivity contribution in [1.82, 2.24) is 24.1 Å².